The van der Waals surface area contributed by atoms with E-state index in [1.807, 2.05) is 75.4 Å². The van der Waals surface area contributed by atoms with Crippen molar-refractivity contribution >= 4 is 57.3 Å². The molecular formula is C21H22IN5O. The molecule has 0 saturated heterocycles. The number of amides is 1. The van der Waals surface area contributed by atoms with Crippen LogP contribution in [0.3, 0.4) is 0 Å². The maximum absolute atomic E-state index is 12.4. The first kappa shape index (κ1) is 20.1. The summed E-state index contributed by atoms with van der Waals surface area (Å²) in [4.78, 5) is 21.3. The van der Waals surface area contributed by atoms with Crippen LogP contribution in [0, 0.1) is 8.99 Å². The predicted octanol–water partition coefficient (Wildman–Crippen LogP) is 5.55. The Kier molecular flexibility index (Phi) is 6.13. The number of hydrogen-bond acceptors (Lipinski definition) is 5. The highest BCUT2D eigenvalue weighted by Gasteiger charge is 2.22. The van der Waals surface area contributed by atoms with E-state index in [2.05, 4.69) is 48.5 Å². The topological polar surface area (TPSA) is 78.9 Å². The molecule has 1 amide bonds. The molecule has 0 aliphatic carbocycles. The molecule has 0 spiro atoms. The second-order valence-electron chi connectivity index (χ2n) is 7.26. The summed E-state index contributed by atoms with van der Waals surface area (Å²) in [5.41, 5.74) is 1.90. The monoisotopic (exact) mass is 487 g/mol. The molecule has 0 bridgehead atoms. The average molecular weight is 487 g/mol. The van der Waals surface area contributed by atoms with E-state index in [9.17, 15) is 4.79 Å². The number of aromatic nitrogens is 2. The van der Waals surface area contributed by atoms with Gasteiger partial charge >= 0.3 is 0 Å². The van der Waals surface area contributed by atoms with Crippen LogP contribution >= 0.6 is 22.6 Å². The number of para-hydroxylation sites is 3. The summed E-state index contributed by atoms with van der Waals surface area (Å²) in [6, 6.07) is 17.3. The lowest BCUT2D eigenvalue weighted by atomic mass is 9.95. The fraction of sp³-hybridized carbons (Fsp3) is 0.190. The molecule has 6 nitrogen and oxygen atoms in total. The highest BCUT2D eigenvalue weighted by atomic mass is 127. The third kappa shape index (κ3) is 5.19. The maximum atomic E-state index is 12.4. The normalized spacial score (nSPS) is 11.0. The van der Waals surface area contributed by atoms with E-state index in [4.69, 9.17) is 0 Å². The van der Waals surface area contributed by atoms with Crippen molar-refractivity contribution in [1.29, 1.82) is 0 Å². The molecule has 0 unspecified atom stereocenters. The van der Waals surface area contributed by atoms with Crippen LogP contribution in [0.1, 0.15) is 20.8 Å². The van der Waals surface area contributed by atoms with Crippen LogP contribution in [0.15, 0.2) is 60.8 Å². The van der Waals surface area contributed by atoms with Crippen LogP contribution in [0.5, 0.6) is 0 Å². The molecule has 3 N–H and O–H groups in total. The van der Waals surface area contributed by atoms with Gasteiger partial charge in [0, 0.05) is 17.3 Å². The number of nitrogens with one attached hydrogen (secondary N) is 3. The number of nitrogens with zero attached hydrogens (tertiary/aromatic N) is 2. The summed E-state index contributed by atoms with van der Waals surface area (Å²) >= 11 is 2.18. The van der Waals surface area contributed by atoms with E-state index in [0.29, 0.717) is 17.5 Å². The summed E-state index contributed by atoms with van der Waals surface area (Å²) in [6.45, 7) is 5.65. The highest BCUT2D eigenvalue weighted by molar-refractivity contribution is 14.1. The molecule has 0 radical (unpaired) electrons. The lowest BCUT2D eigenvalue weighted by molar-refractivity contribution is -0.123. The van der Waals surface area contributed by atoms with Gasteiger partial charge in [0.1, 0.15) is 5.82 Å². The molecule has 28 heavy (non-hydrogen) atoms. The quantitative estimate of drug-likeness (QED) is 0.411. The SMILES string of the molecule is CC(C)(C)C(=O)Nc1ccccc1Nc1nc(Nc2ccccc2)ncc1I. The van der Waals surface area contributed by atoms with Crippen molar-refractivity contribution in [1.82, 2.24) is 9.97 Å². The number of anilines is 5. The second kappa shape index (κ2) is 8.55. The number of carbonyl (C=O) groups excluding carboxylic acids is 1. The number of hydrogen-bond donors (Lipinski definition) is 3. The molecular weight excluding hydrogens is 465 g/mol. The van der Waals surface area contributed by atoms with Crippen molar-refractivity contribution in [2.24, 2.45) is 5.41 Å². The molecule has 0 fully saturated rings. The van der Waals surface area contributed by atoms with Crippen molar-refractivity contribution in [3.63, 3.8) is 0 Å². The fourth-order valence-corrected chi connectivity index (χ4v) is 2.70. The van der Waals surface area contributed by atoms with E-state index in [1.54, 1.807) is 6.20 Å². The van der Waals surface area contributed by atoms with Gasteiger partial charge in [-0.1, -0.05) is 51.1 Å². The van der Waals surface area contributed by atoms with Crippen LogP contribution in [-0.4, -0.2) is 15.9 Å². The zero-order valence-corrected chi connectivity index (χ0v) is 18.1. The minimum absolute atomic E-state index is 0.0504. The molecule has 0 saturated carbocycles. The van der Waals surface area contributed by atoms with Gasteiger partial charge in [0.15, 0.2) is 0 Å². The Morgan fingerprint density at radius 2 is 1.57 bits per heavy atom. The molecule has 2 aromatic carbocycles. The van der Waals surface area contributed by atoms with Gasteiger partial charge in [0.25, 0.3) is 0 Å². The molecule has 1 aromatic heterocycles. The molecule has 1 heterocycles. The third-order valence-corrected chi connectivity index (χ3v) is 4.67. The standard InChI is InChI=1S/C21H22IN5O/c1-21(2,3)19(28)26-17-12-8-7-11-16(17)25-18-15(22)13-23-20(27-18)24-14-9-5-4-6-10-14/h4-13H,1-3H3,(H,26,28)(H2,23,24,25,27). The molecule has 0 atom stereocenters. The Hall–Kier alpha value is -2.68. The van der Waals surface area contributed by atoms with E-state index < -0.39 is 5.41 Å². The van der Waals surface area contributed by atoms with Crippen molar-refractivity contribution in [3.8, 4) is 0 Å². The van der Waals surface area contributed by atoms with Gasteiger partial charge in [-0.2, -0.15) is 4.98 Å². The Bertz CT molecular complexity index is 970. The van der Waals surface area contributed by atoms with Crippen molar-refractivity contribution in [2.45, 2.75) is 20.8 Å². The first-order chi connectivity index (χ1) is 13.3. The zero-order valence-electron chi connectivity index (χ0n) is 16.0. The van der Waals surface area contributed by atoms with Crippen LogP contribution in [0.25, 0.3) is 0 Å². The minimum atomic E-state index is -0.483. The second-order valence-corrected chi connectivity index (χ2v) is 8.42. The lowest BCUT2D eigenvalue weighted by Crippen LogP contribution is -2.27. The van der Waals surface area contributed by atoms with Crippen molar-refractivity contribution in [3.05, 3.63) is 64.4 Å². The van der Waals surface area contributed by atoms with Gasteiger partial charge in [-0.15, -0.1) is 0 Å². The Morgan fingerprint density at radius 3 is 2.25 bits per heavy atom. The first-order valence-electron chi connectivity index (χ1n) is 8.85. The summed E-state index contributed by atoms with van der Waals surface area (Å²) in [7, 11) is 0. The van der Waals surface area contributed by atoms with Crippen molar-refractivity contribution < 1.29 is 4.79 Å². The van der Waals surface area contributed by atoms with Crippen molar-refractivity contribution in [2.75, 3.05) is 16.0 Å². The highest BCUT2D eigenvalue weighted by Crippen LogP contribution is 2.29. The first-order valence-corrected chi connectivity index (χ1v) is 9.93. The fourth-order valence-electron chi connectivity index (χ4n) is 2.30. The van der Waals surface area contributed by atoms with Gasteiger partial charge in [-0.3, -0.25) is 4.79 Å². The van der Waals surface area contributed by atoms with E-state index in [0.717, 1.165) is 14.9 Å². The lowest BCUT2D eigenvalue weighted by Gasteiger charge is -2.20. The van der Waals surface area contributed by atoms with Crippen LogP contribution < -0.4 is 16.0 Å². The predicted molar refractivity (Wildman–Crippen MR) is 122 cm³/mol. The third-order valence-electron chi connectivity index (χ3n) is 3.88. The molecule has 3 aromatic rings. The molecule has 0 aliphatic rings. The van der Waals surface area contributed by atoms with Gasteiger partial charge in [-0.05, 0) is 46.9 Å². The largest absolute Gasteiger partial charge is 0.337 e. The zero-order chi connectivity index (χ0) is 20.1. The van der Waals surface area contributed by atoms with E-state index >= 15 is 0 Å². The smallest absolute Gasteiger partial charge is 0.229 e. The summed E-state index contributed by atoms with van der Waals surface area (Å²) < 4.78 is 0.869. The van der Waals surface area contributed by atoms with Gasteiger partial charge < -0.3 is 16.0 Å². The summed E-state index contributed by atoms with van der Waals surface area (Å²) in [6.07, 6.45) is 1.75. The number of rotatable bonds is 5. The van der Waals surface area contributed by atoms with Crippen LogP contribution in [0.4, 0.5) is 28.8 Å². The minimum Gasteiger partial charge on any atom is -0.337 e. The van der Waals surface area contributed by atoms with Crippen LogP contribution in [0.2, 0.25) is 0 Å². The summed E-state index contributed by atoms with van der Waals surface area (Å²) in [5.74, 6) is 1.10. The molecule has 3 rings (SSSR count). The Balaban J connectivity index is 1.84. The van der Waals surface area contributed by atoms with E-state index in [-0.39, 0.29) is 5.91 Å². The molecule has 0 aliphatic heterocycles. The molecule has 144 valence electrons. The number of benzene rings is 2. The molecule has 7 heteroatoms. The van der Waals surface area contributed by atoms with Gasteiger partial charge in [0.05, 0.1) is 14.9 Å². The number of carbonyl (C=O) groups is 1. The van der Waals surface area contributed by atoms with Crippen LogP contribution in [-0.2, 0) is 4.79 Å². The maximum Gasteiger partial charge on any atom is 0.229 e. The van der Waals surface area contributed by atoms with E-state index in [1.165, 1.54) is 0 Å². The Morgan fingerprint density at radius 1 is 0.929 bits per heavy atom. The van der Waals surface area contributed by atoms with Gasteiger partial charge in [0.2, 0.25) is 11.9 Å². The number of halogens is 1. The van der Waals surface area contributed by atoms with Gasteiger partial charge in [-0.25, -0.2) is 4.98 Å². The Labute approximate surface area is 178 Å². The average Bonchev–Trinajstić information content (AvgIpc) is 2.66. The summed E-state index contributed by atoms with van der Waals surface area (Å²) in [5, 5.41) is 9.48.